The molecule has 0 aromatic heterocycles. The molecule has 0 saturated heterocycles. The molecule has 0 spiro atoms. The average Bonchev–Trinajstić information content (AvgIpc) is 3.57. The van der Waals surface area contributed by atoms with Gasteiger partial charge < -0.3 is 27.9 Å². The Morgan fingerprint density at radius 2 is 1.42 bits per heavy atom. The molecule has 4 aliphatic carbocycles. The normalized spacial score (nSPS) is 29.3. The lowest BCUT2D eigenvalue weighted by molar-refractivity contribution is -0.870. The fourth-order valence-electron chi connectivity index (χ4n) is 12.7. The number of fused-ring (bicyclic) bond motifs is 5. The number of rotatable bonds is 32. The van der Waals surface area contributed by atoms with E-state index in [4.69, 9.17) is 18.5 Å². The van der Waals surface area contributed by atoms with Gasteiger partial charge in [0.25, 0.3) is 7.82 Å². The smallest absolute Gasteiger partial charge is 0.306 e. The van der Waals surface area contributed by atoms with Gasteiger partial charge in [-0.1, -0.05) is 162 Å². The van der Waals surface area contributed by atoms with Gasteiger partial charge in [0.15, 0.2) is 0 Å². The van der Waals surface area contributed by atoms with Crippen molar-refractivity contribution in [3.8, 4) is 0 Å². The summed E-state index contributed by atoms with van der Waals surface area (Å²) in [7, 11) is 1.36. The maximum Gasteiger partial charge on any atom is 0.306 e. The van der Waals surface area contributed by atoms with Crippen LogP contribution in [0.2, 0.25) is 0 Å². The van der Waals surface area contributed by atoms with Crippen LogP contribution in [-0.4, -0.2) is 70.2 Å². The van der Waals surface area contributed by atoms with Crippen LogP contribution in [-0.2, 0) is 27.9 Å². The lowest BCUT2D eigenvalue weighted by Gasteiger charge is -2.58. The number of nitrogens with zero attached hydrogens (tertiary/aromatic N) is 1. The number of unbranched alkanes of at least 4 members (excludes halogenated alkanes) is 14. The Bertz CT molecular complexity index is 1360. The Morgan fingerprint density at radius 1 is 0.790 bits per heavy atom. The number of hydrogen-bond donors (Lipinski definition) is 0. The second-order valence-corrected chi connectivity index (χ2v) is 24.3. The molecule has 2 unspecified atom stereocenters. The second-order valence-electron chi connectivity index (χ2n) is 22.9. The molecule has 0 aliphatic heterocycles. The molecule has 0 amide bonds. The molecule has 3 fully saturated rings. The molecule has 0 N–H and O–H groups in total. The monoisotopic (exact) mass is 892 g/mol. The van der Waals surface area contributed by atoms with E-state index in [1.54, 1.807) is 5.57 Å². The van der Waals surface area contributed by atoms with Crippen molar-refractivity contribution in [1.82, 2.24) is 0 Å². The highest BCUT2D eigenvalue weighted by molar-refractivity contribution is 7.45. The van der Waals surface area contributed by atoms with E-state index in [-0.39, 0.29) is 37.3 Å². The van der Waals surface area contributed by atoms with E-state index in [2.05, 4.69) is 47.6 Å². The minimum atomic E-state index is -4.58. The quantitative estimate of drug-likeness (QED) is 0.0218. The van der Waals surface area contributed by atoms with Crippen molar-refractivity contribution >= 4 is 13.8 Å². The van der Waals surface area contributed by atoms with Gasteiger partial charge in [0.05, 0.1) is 40.5 Å². The molecule has 362 valence electrons. The average molecular weight is 892 g/mol. The van der Waals surface area contributed by atoms with Crippen LogP contribution < -0.4 is 4.89 Å². The fourth-order valence-corrected chi connectivity index (χ4v) is 13.4. The zero-order valence-electron chi connectivity index (χ0n) is 41.9. The van der Waals surface area contributed by atoms with Crippen LogP contribution in [0, 0.1) is 46.3 Å². The summed E-state index contributed by atoms with van der Waals surface area (Å²) in [5.41, 5.74) is 2.25. The molecular formula is C53H98NO7P. The van der Waals surface area contributed by atoms with Crippen LogP contribution in [0.3, 0.4) is 0 Å². The number of carbonyl (C=O) groups excluding carboxylic acids is 1. The number of allylic oxidation sites excluding steroid dienone is 1. The first-order valence-corrected chi connectivity index (χ1v) is 27.8. The highest BCUT2D eigenvalue weighted by Gasteiger charge is 2.59. The summed E-state index contributed by atoms with van der Waals surface area (Å²) < 4.78 is 36.3. The maximum atomic E-state index is 13.1. The number of quaternary nitrogens is 1. The van der Waals surface area contributed by atoms with Gasteiger partial charge in [0.1, 0.15) is 19.3 Å². The van der Waals surface area contributed by atoms with Crippen LogP contribution in [0.1, 0.15) is 215 Å². The summed E-state index contributed by atoms with van der Waals surface area (Å²) in [5.74, 6) is 4.52. The topological polar surface area (TPSA) is 94.1 Å². The zero-order chi connectivity index (χ0) is 45.2. The van der Waals surface area contributed by atoms with Crippen LogP contribution >= 0.6 is 7.82 Å². The van der Waals surface area contributed by atoms with E-state index in [0.29, 0.717) is 22.9 Å². The number of phosphoric acid groups is 1. The van der Waals surface area contributed by atoms with Crippen LogP contribution in [0.5, 0.6) is 0 Å². The van der Waals surface area contributed by atoms with Gasteiger partial charge >= 0.3 is 5.97 Å². The first-order valence-electron chi connectivity index (χ1n) is 26.4. The first kappa shape index (κ1) is 53.9. The lowest BCUT2D eigenvalue weighted by atomic mass is 9.47. The van der Waals surface area contributed by atoms with Crippen molar-refractivity contribution in [2.45, 2.75) is 227 Å². The van der Waals surface area contributed by atoms with Gasteiger partial charge in [-0.25, -0.2) is 0 Å². The second kappa shape index (κ2) is 26.5. The summed E-state index contributed by atoms with van der Waals surface area (Å²) in [6.45, 7) is 15.1. The van der Waals surface area contributed by atoms with Crippen molar-refractivity contribution in [2.24, 2.45) is 46.3 Å². The van der Waals surface area contributed by atoms with Gasteiger partial charge in [0.2, 0.25) is 0 Å². The molecule has 3 saturated carbocycles. The van der Waals surface area contributed by atoms with Crippen molar-refractivity contribution in [2.75, 3.05) is 47.5 Å². The third-order valence-electron chi connectivity index (χ3n) is 16.5. The van der Waals surface area contributed by atoms with Crippen LogP contribution in [0.25, 0.3) is 0 Å². The predicted octanol–water partition coefficient (Wildman–Crippen LogP) is 13.8. The highest BCUT2D eigenvalue weighted by Crippen LogP contribution is 2.67. The zero-order valence-corrected chi connectivity index (χ0v) is 42.8. The molecular weight excluding hydrogens is 794 g/mol. The van der Waals surface area contributed by atoms with Crippen molar-refractivity contribution in [3.63, 3.8) is 0 Å². The Balaban J connectivity index is 1.23. The van der Waals surface area contributed by atoms with Gasteiger partial charge in [0, 0.05) is 6.42 Å². The highest BCUT2D eigenvalue weighted by atomic mass is 31.2. The molecule has 62 heavy (non-hydrogen) atoms. The van der Waals surface area contributed by atoms with Crippen molar-refractivity contribution in [3.05, 3.63) is 11.6 Å². The lowest BCUT2D eigenvalue weighted by Crippen LogP contribution is -2.51. The minimum Gasteiger partial charge on any atom is -0.756 e. The van der Waals surface area contributed by atoms with E-state index in [1.165, 1.54) is 128 Å². The largest absolute Gasteiger partial charge is 0.756 e. The van der Waals surface area contributed by atoms with Gasteiger partial charge in [-0.05, 0) is 104 Å². The Kier molecular flexibility index (Phi) is 23.1. The Labute approximate surface area is 382 Å². The molecule has 0 radical (unpaired) electrons. The molecule has 4 aliphatic rings. The van der Waals surface area contributed by atoms with Gasteiger partial charge in [-0.15, -0.1) is 0 Å². The number of likely N-dealkylation sites (N-methyl/N-ethyl adjacent to an activating group) is 1. The van der Waals surface area contributed by atoms with E-state index in [1.807, 2.05) is 21.1 Å². The third-order valence-corrected chi connectivity index (χ3v) is 17.5. The predicted molar refractivity (Wildman–Crippen MR) is 255 cm³/mol. The van der Waals surface area contributed by atoms with E-state index >= 15 is 0 Å². The Hall–Kier alpha value is -0.760. The maximum absolute atomic E-state index is 13.1. The van der Waals surface area contributed by atoms with Gasteiger partial charge in [-0.2, -0.15) is 0 Å². The SMILES string of the molecule is CCCCCCCCCCCCCCCCCC(=O)OC(CO[C@H]1CC[C@@]2(C)C(=CC[C@H]3[C@@H]4CC[C@H]([C@H](C)CCCC(C)C)[C@@]4(C)CC[C@@H]32)C1)COP(=O)([O-])OCC[N+](C)(C)C. The minimum absolute atomic E-state index is 0.0129. The standard InChI is InChI=1S/C53H98NO7P/c1-10-11-12-13-14-15-16-17-18-19-20-21-22-23-24-28-51(55)61-46(41-60-62(56,57)59-38-37-54(7,8)9)40-58-45-33-35-52(5)44(39-45)29-30-47-49-32-31-48(43(4)27-25-26-42(2)3)53(49,6)36-34-50(47)52/h29,42-43,45-50H,10-28,30-41H2,1-9H3/t43-,45+,46?,47+,48-,49+,50+,52+,53-/m1/s1. The van der Waals surface area contributed by atoms with E-state index in [0.717, 1.165) is 74.0 Å². The summed E-state index contributed by atoms with van der Waals surface area (Å²) in [5, 5.41) is 0. The number of esters is 1. The molecule has 0 aromatic carbocycles. The van der Waals surface area contributed by atoms with Gasteiger partial charge in [-0.3, -0.25) is 9.36 Å². The van der Waals surface area contributed by atoms with E-state index < -0.39 is 13.9 Å². The number of ether oxygens (including phenoxy) is 2. The van der Waals surface area contributed by atoms with Crippen LogP contribution in [0.15, 0.2) is 11.6 Å². The summed E-state index contributed by atoms with van der Waals surface area (Å²) >= 11 is 0. The molecule has 0 aromatic rings. The van der Waals surface area contributed by atoms with Crippen molar-refractivity contribution in [1.29, 1.82) is 0 Å². The summed E-state index contributed by atoms with van der Waals surface area (Å²) in [6.07, 6.45) is 34.9. The van der Waals surface area contributed by atoms with Crippen molar-refractivity contribution < 1.29 is 37.3 Å². The number of hydrogen-bond acceptors (Lipinski definition) is 7. The van der Waals surface area contributed by atoms with Crippen LogP contribution in [0.4, 0.5) is 0 Å². The first-order chi connectivity index (χ1) is 29.5. The third kappa shape index (κ3) is 17.5. The number of carbonyl (C=O) groups is 1. The molecule has 4 rings (SSSR count). The summed E-state index contributed by atoms with van der Waals surface area (Å²) in [6, 6.07) is 0. The van der Waals surface area contributed by atoms with E-state index in [9.17, 15) is 14.3 Å². The fraction of sp³-hybridized carbons (Fsp3) is 0.943. The number of phosphoric ester groups is 1. The summed E-state index contributed by atoms with van der Waals surface area (Å²) in [4.78, 5) is 25.9. The Morgan fingerprint density at radius 3 is 2.03 bits per heavy atom. The molecule has 0 heterocycles. The molecule has 9 heteroatoms. The molecule has 10 atom stereocenters. The molecule has 0 bridgehead atoms. The molecule has 8 nitrogen and oxygen atoms in total.